The lowest BCUT2D eigenvalue weighted by molar-refractivity contribution is -0.139. The molecule has 2 aliphatic rings. The van der Waals surface area contributed by atoms with E-state index in [0.717, 1.165) is 51.9 Å². The molecule has 2 saturated heterocycles. The maximum atomic E-state index is 12.3. The Kier molecular flexibility index (Phi) is 5.19. The highest BCUT2D eigenvalue weighted by molar-refractivity contribution is 5.81. The number of carbonyl (C=O) groups excluding carboxylic acids is 2. The van der Waals surface area contributed by atoms with Crippen molar-refractivity contribution in [2.45, 2.75) is 32.6 Å². The van der Waals surface area contributed by atoms with E-state index in [0.29, 0.717) is 6.54 Å². The van der Waals surface area contributed by atoms with Crippen LogP contribution in [-0.4, -0.2) is 49.4 Å². The fourth-order valence-electron chi connectivity index (χ4n) is 3.00. The molecule has 2 heterocycles. The van der Waals surface area contributed by atoms with Crippen LogP contribution in [0, 0.1) is 11.8 Å². The first-order valence-electron chi connectivity index (χ1n) is 7.49. The Morgan fingerprint density at radius 1 is 1.21 bits per heavy atom. The molecule has 2 fully saturated rings. The average molecular weight is 267 g/mol. The number of hydrogen-bond donors (Lipinski definition) is 2. The predicted octanol–water partition coefficient (Wildman–Crippen LogP) is 0.361. The van der Waals surface area contributed by atoms with Gasteiger partial charge in [0.05, 0.1) is 5.92 Å². The SMILES string of the molecule is CCNC(=O)C1CCN(C(=O)C2CCCNC2)CC1. The third kappa shape index (κ3) is 3.69. The van der Waals surface area contributed by atoms with E-state index in [-0.39, 0.29) is 23.7 Å². The number of nitrogens with one attached hydrogen (secondary N) is 2. The zero-order chi connectivity index (χ0) is 13.7. The Hall–Kier alpha value is -1.10. The van der Waals surface area contributed by atoms with E-state index >= 15 is 0 Å². The number of nitrogens with zero attached hydrogens (tertiary/aromatic N) is 1. The highest BCUT2D eigenvalue weighted by Gasteiger charge is 2.30. The van der Waals surface area contributed by atoms with Crippen LogP contribution in [0.25, 0.3) is 0 Å². The summed E-state index contributed by atoms with van der Waals surface area (Å²) < 4.78 is 0. The van der Waals surface area contributed by atoms with Gasteiger partial charge in [0.1, 0.15) is 0 Å². The molecule has 0 bridgehead atoms. The summed E-state index contributed by atoms with van der Waals surface area (Å²) in [4.78, 5) is 26.0. The van der Waals surface area contributed by atoms with Crippen LogP contribution in [0.3, 0.4) is 0 Å². The molecule has 1 unspecified atom stereocenters. The van der Waals surface area contributed by atoms with Gasteiger partial charge in [-0.1, -0.05) is 0 Å². The topological polar surface area (TPSA) is 61.4 Å². The number of amides is 2. The highest BCUT2D eigenvalue weighted by Crippen LogP contribution is 2.21. The van der Waals surface area contributed by atoms with Gasteiger partial charge in [-0.05, 0) is 39.2 Å². The molecule has 0 saturated carbocycles. The van der Waals surface area contributed by atoms with Gasteiger partial charge in [-0.25, -0.2) is 0 Å². The molecule has 0 aromatic heterocycles. The largest absolute Gasteiger partial charge is 0.356 e. The van der Waals surface area contributed by atoms with Crippen LogP contribution in [0.15, 0.2) is 0 Å². The van der Waals surface area contributed by atoms with E-state index in [1.54, 1.807) is 0 Å². The van der Waals surface area contributed by atoms with Crippen LogP contribution in [0.1, 0.15) is 32.6 Å². The minimum absolute atomic E-state index is 0.0912. The molecular formula is C14H25N3O2. The second-order valence-corrected chi connectivity index (χ2v) is 5.54. The van der Waals surface area contributed by atoms with Crippen LogP contribution >= 0.6 is 0 Å². The van der Waals surface area contributed by atoms with Crippen molar-refractivity contribution in [3.63, 3.8) is 0 Å². The number of piperidine rings is 2. The van der Waals surface area contributed by atoms with Gasteiger partial charge in [0.15, 0.2) is 0 Å². The molecule has 0 aromatic carbocycles. The number of rotatable bonds is 3. The zero-order valence-electron chi connectivity index (χ0n) is 11.8. The Morgan fingerprint density at radius 3 is 2.53 bits per heavy atom. The van der Waals surface area contributed by atoms with Gasteiger partial charge >= 0.3 is 0 Å². The number of hydrogen-bond acceptors (Lipinski definition) is 3. The van der Waals surface area contributed by atoms with Crippen LogP contribution < -0.4 is 10.6 Å². The number of likely N-dealkylation sites (tertiary alicyclic amines) is 1. The quantitative estimate of drug-likeness (QED) is 0.776. The molecule has 0 aromatic rings. The summed E-state index contributed by atoms with van der Waals surface area (Å²) in [6.07, 6.45) is 3.70. The van der Waals surface area contributed by atoms with Crippen LogP contribution in [0.5, 0.6) is 0 Å². The van der Waals surface area contributed by atoms with Gasteiger partial charge in [-0.3, -0.25) is 9.59 Å². The summed E-state index contributed by atoms with van der Waals surface area (Å²) in [6, 6.07) is 0. The Labute approximate surface area is 115 Å². The standard InChI is InChI=1S/C14H25N3O2/c1-2-16-13(18)11-5-8-17(9-6-11)14(19)12-4-3-7-15-10-12/h11-12,15H,2-10H2,1H3,(H,16,18). The average Bonchev–Trinajstić information content (AvgIpc) is 2.48. The first-order chi connectivity index (χ1) is 9.22. The maximum absolute atomic E-state index is 12.3. The van der Waals surface area contributed by atoms with E-state index in [1.807, 2.05) is 11.8 Å². The Balaban J connectivity index is 1.79. The summed E-state index contributed by atoms with van der Waals surface area (Å²) in [5, 5.41) is 6.16. The molecule has 0 spiro atoms. The summed E-state index contributed by atoms with van der Waals surface area (Å²) in [7, 11) is 0. The molecule has 5 nitrogen and oxygen atoms in total. The van der Waals surface area contributed by atoms with E-state index in [9.17, 15) is 9.59 Å². The van der Waals surface area contributed by atoms with Crippen molar-refractivity contribution in [3.05, 3.63) is 0 Å². The first-order valence-corrected chi connectivity index (χ1v) is 7.49. The van der Waals surface area contributed by atoms with Gasteiger partial charge in [-0.2, -0.15) is 0 Å². The van der Waals surface area contributed by atoms with Crippen molar-refractivity contribution in [2.75, 3.05) is 32.7 Å². The van der Waals surface area contributed by atoms with E-state index < -0.39 is 0 Å². The van der Waals surface area contributed by atoms with Gasteiger partial charge < -0.3 is 15.5 Å². The monoisotopic (exact) mass is 267 g/mol. The molecule has 0 radical (unpaired) electrons. The molecule has 2 amide bonds. The molecule has 2 N–H and O–H groups in total. The van der Waals surface area contributed by atoms with E-state index in [1.165, 1.54) is 0 Å². The van der Waals surface area contributed by atoms with E-state index in [2.05, 4.69) is 10.6 Å². The van der Waals surface area contributed by atoms with Gasteiger partial charge in [0, 0.05) is 32.1 Å². The van der Waals surface area contributed by atoms with Crippen LogP contribution in [0.4, 0.5) is 0 Å². The molecule has 2 rings (SSSR count). The Morgan fingerprint density at radius 2 is 1.95 bits per heavy atom. The molecule has 108 valence electrons. The number of carbonyl (C=O) groups is 2. The van der Waals surface area contributed by atoms with Gasteiger partial charge in [-0.15, -0.1) is 0 Å². The normalized spacial score (nSPS) is 25.1. The minimum Gasteiger partial charge on any atom is -0.356 e. The summed E-state index contributed by atoms with van der Waals surface area (Å²) in [5.74, 6) is 0.665. The van der Waals surface area contributed by atoms with Crippen LogP contribution in [-0.2, 0) is 9.59 Å². The summed E-state index contributed by atoms with van der Waals surface area (Å²) >= 11 is 0. The second kappa shape index (κ2) is 6.89. The van der Waals surface area contributed by atoms with E-state index in [4.69, 9.17) is 0 Å². The van der Waals surface area contributed by atoms with Crippen molar-refractivity contribution in [1.29, 1.82) is 0 Å². The van der Waals surface area contributed by atoms with Crippen molar-refractivity contribution < 1.29 is 9.59 Å². The van der Waals surface area contributed by atoms with Crippen molar-refractivity contribution in [2.24, 2.45) is 11.8 Å². The van der Waals surface area contributed by atoms with Crippen LogP contribution in [0.2, 0.25) is 0 Å². The third-order valence-electron chi connectivity index (χ3n) is 4.17. The highest BCUT2D eigenvalue weighted by atomic mass is 16.2. The smallest absolute Gasteiger partial charge is 0.226 e. The molecule has 19 heavy (non-hydrogen) atoms. The van der Waals surface area contributed by atoms with Gasteiger partial charge in [0.25, 0.3) is 0 Å². The fourth-order valence-corrected chi connectivity index (χ4v) is 3.00. The molecular weight excluding hydrogens is 242 g/mol. The second-order valence-electron chi connectivity index (χ2n) is 5.54. The lowest BCUT2D eigenvalue weighted by Crippen LogP contribution is -2.47. The van der Waals surface area contributed by atoms with Crippen molar-refractivity contribution in [3.8, 4) is 0 Å². The molecule has 0 aliphatic carbocycles. The fraction of sp³-hybridized carbons (Fsp3) is 0.857. The maximum Gasteiger partial charge on any atom is 0.226 e. The molecule has 5 heteroatoms. The first kappa shape index (κ1) is 14.3. The lowest BCUT2D eigenvalue weighted by Gasteiger charge is -2.34. The summed E-state index contributed by atoms with van der Waals surface area (Å²) in [6.45, 7) is 5.94. The zero-order valence-corrected chi connectivity index (χ0v) is 11.8. The molecule has 2 aliphatic heterocycles. The molecule has 1 atom stereocenters. The minimum atomic E-state index is 0.0912. The van der Waals surface area contributed by atoms with Crippen molar-refractivity contribution in [1.82, 2.24) is 15.5 Å². The van der Waals surface area contributed by atoms with Crippen molar-refractivity contribution >= 4 is 11.8 Å². The van der Waals surface area contributed by atoms with Gasteiger partial charge in [0.2, 0.25) is 11.8 Å². The summed E-state index contributed by atoms with van der Waals surface area (Å²) in [5.41, 5.74) is 0. The Bertz CT molecular complexity index is 319. The third-order valence-corrected chi connectivity index (χ3v) is 4.17. The lowest BCUT2D eigenvalue weighted by atomic mass is 9.93. The predicted molar refractivity (Wildman–Crippen MR) is 73.6 cm³/mol.